The molecule has 0 bridgehead atoms. The largest absolute Gasteiger partial charge is 0.385 e. The summed E-state index contributed by atoms with van der Waals surface area (Å²) in [6.45, 7) is 0.935. The molecule has 1 aromatic rings. The van der Waals surface area contributed by atoms with E-state index in [1.165, 1.54) is 11.4 Å². The van der Waals surface area contributed by atoms with Crippen molar-refractivity contribution in [1.82, 2.24) is 5.32 Å². The molecule has 0 amide bonds. The number of hydrogen-bond donors (Lipinski definition) is 2. The van der Waals surface area contributed by atoms with Gasteiger partial charge >= 0.3 is 0 Å². The van der Waals surface area contributed by atoms with Crippen molar-refractivity contribution in [2.45, 2.75) is 6.42 Å². The standard InChI is InChI=1S/C14H16N2/c1-3-7-13(8-4-1)16-12-10-14-9-5-2-6-11-15-14/h1-9,11,15-16H,10,12H2. The van der Waals surface area contributed by atoms with Gasteiger partial charge in [0, 0.05) is 30.5 Å². The molecule has 0 aliphatic carbocycles. The lowest BCUT2D eigenvalue weighted by molar-refractivity contribution is 0.900. The molecule has 2 N–H and O–H groups in total. The Hall–Kier alpha value is -1.96. The van der Waals surface area contributed by atoms with Crippen LogP contribution in [0.15, 0.2) is 66.5 Å². The Morgan fingerprint density at radius 2 is 1.88 bits per heavy atom. The molecule has 0 saturated carbocycles. The van der Waals surface area contributed by atoms with Crippen molar-refractivity contribution in [3.05, 3.63) is 66.5 Å². The summed E-state index contributed by atoms with van der Waals surface area (Å²) in [6, 6.07) is 10.3. The van der Waals surface area contributed by atoms with Crippen LogP contribution in [0.5, 0.6) is 0 Å². The normalized spacial score (nSPS) is 13.9. The molecule has 2 heteroatoms. The van der Waals surface area contributed by atoms with Gasteiger partial charge in [-0.05, 0) is 24.3 Å². The molecular weight excluding hydrogens is 196 g/mol. The molecule has 82 valence electrons. The topological polar surface area (TPSA) is 24.1 Å². The molecule has 0 aromatic heterocycles. The van der Waals surface area contributed by atoms with Crippen molar-refractivity contribution in [2.24, 2.45) is 0 Å². The number of rotatable bonds is 4. The molecule has 0 saturated heterocycles. The molecule has 1 aromatic carbocycles. The second kappa shape index (κ2) is 5.81. The van der Waals surface area contributed by atoms with Crippen molar-refractivity contribution in [2.75, 3.05) is 11.9 Å². The first-order valence-corrected chi connectivity index (χ1v) is 5.53. The maximum absolute atomic E-state index is 3.38. The summed E-state index contributed by atoms with van der Waals surface area (Å²) in [6.07, 6.45) is 11.1. The van der Waals surface area contributed by atoms with Gasteiger partial charge in [0.1, 0.15) is 0 Å². The van der Waals surface area contributed by atoms with Gasteiger partial charge in [0.2, 0.25) is 0 Å². The maximum atomic E-state index is 3.38. The Morgan fingerprint density at radius 3 is 2.75 bits per heavy atom. The lowest BCUT2D eigenvalue weighted by Crippen LogP contribution is -2.10. The van der Waals surface area contributed by atoms with E-state index in [2.05, 4.69) is 28.8 Å². The molecule has 0 unspecified atom stereocenters. The smallest absolute Gasteiger partial charge is 0.0340 e. The highest BCUT2D eigenvalue weighted by Gasteiger charge is 1.95. The number of nitrogens with one attached hydrogen (secondary N) is 2. The summed E-state index contributed by atoms with van der Waals surface area (Å²) in [5, 5.41) is 6.63. The third-order valence-corrected chi connectivity index (χ3v) is 2.38. The first kappa shape index (κ1) is 10.6. The minimum atomic E-state index is 0.935. The SMILES string of the molecule is C1=CC=C(CCNc2ccccc2)NC=C1. The van der Waals surface area contributed by atoms with Gasteiger partial charge in [-0.25, -0.2) is 0 Å². The van der Waals surface area contributed by atoms with Gasteiger partial charge in [0.05, 0.1) is 0 Å². The lowest BCUT2D eigenvalue weighted by atomic mass is 10.2. The quantitative estimate of drug-likeness (QED) is 0.801. The molecule has 1 heterocycles. The highest BCUT2D eigenvalue weighted by molar-refractivity contribution is 5.42. The average molecular weight is 212 g/mol. The highest BCUT2D eigenvalue weighted by atomic mass is 14.9. The van der Waals surface area contributed by atoms with E-state index in [1.807, 2.05) is 42.6 Å². The summed E-state index contributed by atoms with van der Waals surface area (Å²) < 4.78 is 0. The Kier molecular flexibility index (Phi) is 3.83. The monoisotopic (exact) mass is 212 g/mol. The fourth-order valence-corrected chi connectivity index (χ4v) is 1.55. The zero-order valence-corrected chi connectivity index (χ0v) is 9.19. The average Bonchev–Trinajstić information content (AvgIpc) is 2.59. The first-order chi connectivity index (χ1) is 7.95. The molecule has 2 rings (SSSR count). The van der Waals surface area contributed by atoms with E-state index in [-0.39, 0.29) is 0 Å². The molecule has 0 spiro atoms. The van der Waals surface area contributed by atoms with Gasteiger partial charge in [0.25, 0.3) is 0 Å². The van der Waals surface area contributed by atoms with E-state index in [1.54, 1.807) is 0 Å². The summed E-state index contributed by atoms with van der Waals surface area (Å²) in [5.41, 5.74) is 2.40. The third kappa shape index (κ3) is 3.31. The van der Waals surface area contributed by atoms with Crippen LogP contribution in [0.25, 0.3) is 0 Å². The summed E-state index contributed by atoms with van der Waals surface area (Å²) >= 11 is 0. The summed E-state index contributed by atoms with van der Waals surface area (Å²) in [7, 11) is 0. The molecule has 16 heavy (non-hydrogen) atoms. The van der Waals surface area contributed by atoms with Crippen molar-refractivity contribution in [1.29, 1.82) is 0 Å². The second-order valence-corrected chi connectivity index (χ2v) is 3.62. The maximum Gasteiger partial charge on any atom is 0.0340 e. The van der Waals surface area contributed by atoms with Crippen LogP contribution in [0.4, 0.5) is 5.69 Å². The number of allylic oxidation sites excluding steroid dienone is 4. The van der Waals surface area contributed by atoms with Gasteiger partial charge in [-0.2, -0.15) is 0 Å². The Bertz CT molecular complexity index is 402. The van der Waals surface area contributed by atoms with Crippen LogP contribution >= 0.6 is 0 Å². The number of benzene rings is 1. The van der Waals surface area contributed by atoms with Gasteiger partial charge in [-0.1, -0.05) is 30.4 Å². The molecule has 0 atom stereocenters. The number of anilines is 1. The summed E-state index contributed by atoms with van der Waals surface area (Å²) in [5.74, 6) is 0. The third-order valence-electron chi connectivity index (χ3n) is 2.38. The number of para-hydroxylation sites is 1. The van der Waals surface area contributed by atoms with E-state index in [0.717, 1.165) is 13.0 Å². The molecule has 0 fully saturated rings. The molecular formula is C14H16N2. The van der Waals surface area contributed by atoms with Gasteiger partial charge in [0.15, 0.2) is 0 Å². The van der Waals surface area contributed by atoms with Crippen LogP contribution in [0.1, 0.15) is 6.42 Å². The minimum absolute atomic E-state index is 0.935. The zero-order valence-electron chi connectivity index (χ0n) is 9.19. The van der Waals surface area contributed by atoms with Crippen molar-refractivity contribution in [3.63, 3.8) is 0 Å². The molecule has 1 aliphatic heterocycles. The predicted molar refractivity (Wildman–Crippen MR) is 69.0 cm³/mol. The van der Waals surface area contributed by atoms with Crippen molar-refractivity contribution >= 4 is 5.69 Å². The lowest BCUT2D eigenvalue weighted by Gasteiger charge is -2.08. The molecule has 1 aliphatic rings. The van der Waals surface area contributed by atoms with Gasteiger partial charge < -0.3 is 10.6 Å². The van der Waals surface area contributed by atoms with Crippen LogP contribution in [-0.2, 0) is 0 Å². The molecule has 0 radical (unpaired) electrons. The van der Waals surface area contributed by atoms with Gasteiger partial charge in [-0.15, -0.1) is 0 Å². The second-order valence-electron chi connectivity index (χ2n) is 3.62. The van der Waals surface area contributed by atoms with Crippen LogP contribution in [0.2, 0.25) is 0 Å². The fraction of sp³-hybridized carbons (Fsp3) is 0.143. The van der Waals surface area contributed by atoms with E-state index >= 15 is 0 Å². The fourth-order valence-electron chi connectivity index (χ4n) is 1.55. The Balaban J connectivity index is 1.78. The highest BCUT2D eigenvalue weighted by Crippen LogP contribution is 2.06. The van der Waals surface area contributed by atoms with Crippen molar-refractivity contribution in [3.8, 4) is 0 Å². The van der Waals surface area contributed by atoms with Crippen LogP contribution in [0, 0.1) is 0 Å². The minimum Gasteiger partial charge on any atom is -0.385 e. The molecule has 2 nitrogen and oxygen atoms in total. The van der Waals surface area contributed by atoms with Crippen LogP contribution in [0.3, 0.4) is 0 Å². The Morgan fingerprint density at radius 1 is 1.00 bits per heavy atom. The van der Waals surface area contributed by atoms with E-state index < -0.39 is 0 Å². The van der Waals surface area contributed by atoms with Crippen molar-refractivity contribution < 1.29 is 0 Å². The van der Waals surface area contributed by atoms with Crippen LogP contribution < -0.4 is 10.6 Å². The first-order valence-electron chi connectivity index (χ1n) is 5.53. The van der Waals surface area contributed by atoms with E-state index in [9.17, 15) is 0 Å². The number of hydrogen-bond acceptors (Lipinski definition) is 2. The van der Waals surface area contributed by atoms with E-state index in [0.29, 0.717) is 0 Å². The summed E-state index contributed by atoms with van der Waals surface area (Å²) in [4.78, 5) is 0. The van der Waals surface area contributed by atoms with E-state index in [4.69, 9.17) is 0 Å². The van der Waals surface area contributed by atoms with Gasteiger partial charge in [-0.3, -0.25) is 0 Å². The predicted octanol–water partition coefficient (Wildman–Crippen LogP) is 3.05. The van der Waals surface area contributed by atoms with Crippen LogP contribution in [-0.4, -0.2) is 6.54 Å². The Labute approximate surface area is 96.4 Å². The zero-order chi connectivity index (χ0) is 11.1.